The first-order valence-corrected chi connectivity index (χ1v) is 13.0. The molecule has 0 radical (unpaired) electrons. The molecule has 0 saturated heterocycles. The number of phenols is 1. The van der Waals surface area contributed by atoms with Crippen molar-refractivity contribution in [3.63, 3.8) is 0 Å². The molecule has 5 nitrogen and oxygen atoms in total. The number of hydrogen-bond donors (Lipinski definition) is 1. The minimum absolute atomic E-state index is 0.144. The molecule has 3 aliphatic rings. The maximum Gasteiger partial charge on any atom is 0.115 e. The summed E-state index contributed by atoms with van der Waals surface area (Å²) in [7, 11) is 0. The fourth-order valence-electron chi connectivity index (χ4n) is 7.34. The number of benzene rings is 2. The Labute approximate surface area is 207 Å². The van der Waals surface area contributed by atoms with Gasteiger partial charge in [0.25, 0.3) is 0 Å². The quantitative estimate of drug-likeness (QED) is 0.352. The van der Waals surface area contributed by atoms with E-state index in [-0.39, 0.29) is 5.41 Å². The molecular weight excluding hydrogens is 432 g/mol. The van der Waals surface area contributed by atoms with Gasteiger partial charge in [0.15, 0.2) is 0 Å². The number of aromatic hydroxyl groups is 1. The molecule has 1 aromatic heterocycles. The molecule has 0 spiro atoms. The van der Waals surface area contributed by atoms with Crippen molar-refractivity contribution in [2.75, 3.05) is 0 Å². The molecular formula is C30H34N4O. The van der Waals surface area contributed by atoms with Crippen molar-refractivity contribution < 1.29 is 5.11 Å². The van der Waals surface area contributed by atoms with Crippen LogP contribution in [-0.4, -0.2) is 26.8 Å². The van der Waals surface area contributed by atoms with Gasteiger partial charge in [0.05, 0.1) is 23.3 Å². The van der Waals surface area contributed by atoms with Crippen LogP contribution in [0.4, 0.5) is 0 Å². The van der Waals surface area contributed by atoms with Crippen LogP contribution >= 0.6 is 0 Å². The van der Waals surface area contributed by atoms with Crippen molar-refractivity contribution in [2.24, 2.45) is 27.5 Å². The highest BCUT2D eigenvalue weighted by molar-refractivity contribution is 5.93. The zero-order chi connectivity index (χ0) is 24.2. The van der Waals surface area contributed by atoms with Crippen molar-refractivity contribution in [1.82, 2.24) is 9.78 Å². The van der Waals surface area contributed by atoms with Gasteiger partial charge in [-0.25, -0.2) is 4.68 Å². The first-order chi connectivity index (χ1) is 17.0. The Morgan fingerprint density at radius 1 is 1.06 bits per heavy atom. The van der Waals surface area contributed by atoms with Crippen molar-refractivity contribution in [2.45, 2.75) is 65.2 Å². The first kappa shape index (κ1) is 22.3. The van der Waals surface area contributed by atoms with Crippen molar-refractivity contribution >= 4 is 11.9 Å². The minimum atomic E-state index is 0.144. The number of aryl methyl sites for hydroxylation is 2. The van der Waals surface area contributed by atoms with Crippen LogP contribution in [0.3, 0.4) is 0 Å². The summed E-state index contributed by atoms with van der Waals surface area (Å²) in [6, 6.07) is 16.3. The van der Waals surface area contributed by atoms with E-state index in [1.165, 1.54) is 36.1 Å². The molecule has 5 heteroatoms. The summed E-state index contributed by atoms with van der Waals surface area (Å²) >= 11 is 0. The number of hydrogen-bond acceptors (Lipinski definition) is 4. The number of phenolic OH excluding ortho intramolecular Hbond substituents is 1. The highest BCUT2D eigenvalue weighted by Crippen LogP contribution is 2.60. The summed E-state index contributed by atoms with van der Waals surface area (Å²) in [6.07, 6.45) is 8.81. The second-order valence-electron chi connectivity index (χ2n) is 10.9. The van der Waals surface area contributed by atoms with E-state index in [1.54, 1.807) is 0 Å². The number of nitrogens with zero attached hydrogens (tertiary/aromatic N) is 4. The van der Waals surface area contributed by atoms with Crippen molar-refractivity contribution in [1.29, 1.82) is 0 Å². The molecule has 2 fully saturated rings. The van der Waals surface area contributed by atoms with Gasteiger partial charge in [0.2, 0.25) is 0 Å². The maximum atomic E-state index is 9.93. The lowest BCUT2D eigenvalue weighted by molar-refractivity contribution is 0.0955. The van der Waals surface area contributed by atoms with Crippen LogP contribution in [0, 0.1) is 31.1 Å². The van der Waals surface area contributed by atoms with Gasteiger partial charge in [-0.1, -0.05) is 31.2 Å². The van der Waals surface area contributed by atoms with Crippen molar-refractivity contribution in [3.05, 3.63) is 76.6 Å². The monoisotopic (exact) mass is 466 g/mol. The summed E-state index contributed by atoms with van der Waals surface area (Å²) < 4.78 is 1.98. The van der Waals surface area contributed by atoms with E-state index < -0.39 is 0 Å². The van der Waals surface area contributed by atoms with Gasteiger partial charge in [-0.2, -0.15) is 15.3 Å². The molecule has 0 bridgehead atoms. The molecule has 2 saturated carbocycles. The van der Waals surface area contributed by atoms with Gasteiger partial charge in [-0.15, -0.1) is 0 Å². The molecule has 0 amide bonds. The Morgan fingerprint density at radius 3 is 2.71 bits per heavy atom. The van der Waals surface area contributed by atoms with Crippen LogP contribution < -0.4 is 0 Å². The van der Waals surface area contributed by atoms with E-state index in [2.05, 4.69) is 37.1 Å². The summed E-state index contributed by atoms with van der Waals surface area (Å²) in [5.74, 6) is 2.39. The topological polar surface area (TPSA) is 62.8 Å². The van der Waals surface area contributed by atoms with Gasteiger partial charge in [0.1, 0.15) is 5.75 Å². The average Bonchev–Trinajstić information content (AvgIpc) is 3.35. The molecule has 3 aliphatic carbocycles. The largest absolute Gasteiger partial charge is 0.508 e. The molecule has 0 unspecified atom stereocenters. The molecule has 6 rings (SSSR count). The standard InChI is InChI=1S/C30H34N4O/c1-19-27(20(2)34(33-19)22-7-5-4-6-8-22)18-31-32-29-14-13-28-26-11-9-21-17-23(35)10-12-24(21)25(26)15-16-30(28,29)3/h4-8,10,12,17-18,25-26,28,35H,9,11,13-16H2,1-3H3/t25-,26+,28+,30+/m0/s1. The summed E-state index contributed by atoms with van der Waals surface area (Å²) in [5, 5.41) is 24.1. The smallest absolute Gasteiger partial charge is 0.115 e. The van der Waals surface area contributed by atoms with Crippen LogP contribution in [0.1, 0.15) is 73.0 Å². The van der Waals surface area contributed by atoms with E-state index >= 15 is 0 Å². The first-order valence-electron chi connectivity index (χ1n) is 13.0. The second-order valence-corrected chi connectivity index (χ2v) is 10.9. The van der Waals surface area contributed by atoms with Gasteiger partial charge in [-0.3, -0.25) is 0 Å². The minimum Gasteiger partial charge on any atom is -0.508 e. The normalized spacial score (nSPS) is 28.8. The molecule has 3 aromatic rings. The Bertz CT molecular complexity index is 1320. The molecule has 35 heavy (non-hydrogen) atoms. The second kappa shape index (κ2) is 8.47. The van der Waals surface area contributed by atoms with Crippen LogP contribution in [0.5, 0.6) is 5.75 Å². The summed E-state index contributed by atoms with van der Waals surface area (Å²) in [4.78, 5) is 0. The molecule has 4 atom stereocenters. The van der Waals surface area contributed by atoms with Gasteiger partial charge >= 0.3 is 0 Å². The van der Waals surface area contributed by atoms with E-state index in [9.17, 15) is 5.11 Å². The average molecular weight is 467 g/mol. The third-order valence-electron chi connectivity index (χ3n) is 9.16. The van der Waals surface area contributed by atoms with Crippen LogP contribution in [0.25, 0.3) is 5.69 Å². The summed E-state index contributed by atoms with van der Waals surface area (Å²) in [6.45, 7) is 6.57. The fraction of sp³-hybridized carbons (Fsp3) is 0.433. The number of aromatic nitrogens is 2. The van der Waals surface area contributed by atoms with Crippen molar-refractivity contribution in [3.8, 4) is 11.4 Å². The van der Waals surface area contributed by atoms with Gasteiger partial charge in [0, 0.05) is 16.7 Å². The predicted octanol–water partition coefficient (Wildman–Crippen LogP) is 6.53. The number of fused-ring (bicyclic) bond motifs is 5. The molecule has 1 heterocycles. The van der Waals surface area contributed by atoms with E-state index in [1.807, 2.05) is 48.2 Å². The number of para-hydroxylation sites is 1. The van der Waals surface area contributed by atoms with Gasteiger partial charge in [-0.05, 0) is 106 Å². The van der Waals surface area contributed by atoms with Crippen LogP contribution in [-0.2, 0) is 6.42 Å². The zero-order valence-electron chi connectivity index (χ0n) is 20.9. The SMILES string of the molecule is Cc1nn(-c2ccccc2)c(C)c1C=NN=C1CC[C@@H]2[C@@H]3CCc4cc(O)ccc4[C@@H]3CC[C@@]12C. The third-order valence-corrected chi connectivity index (χ3v) is 9.16. The zero-order valence-corrected chi connectivity index (χ0v) is 20.9. The van der Waals surface area contributed by atoms with E-state index in [0.29, 0.717) is 23.5 Å². The van der Waals surface area contributed by atoms with E-state index in [0.717, 1.165) is 41.9 Å². The highest BCUT2D eigenvalue weighted by Gasteiger charge is 2.53. The number of rotatable bonds is 3. The maximum absolute atomic E-state index is 9.93. The Hall–Kier alpha value is -3.21. The predicted molar refractivity (Wildman–Crippen MR) is 141 cm³/mol. The molecule has 2 aromatic carbocycles. The third kappa shape index (κ3) is 3.64. The molecule has 0 aliphatic heterocycles. The van der Waals surface area contributed by atoms with Gasteiger partial charge < -0.3 is 5.11 Å². The Kier molecular flexibility index (Phi) is 5.39. The summed E-state index contributed by atoms with van der Waals surface area (Å²) in [5.41, 5.74) is 8.42. The lowest BCUT2D eigenvalue weighted by Gasteiger charge is -2.49. The molecule has 180 valence electrons. The molecule has 1 N–H and O–H groups in total. The van der Waals surface area contributed by atoms with Crippen LogP contribution in [0.15, 0.2) is 58.7 Å². The Morgan fingerprint density at radius 2 is 1.89 bits per heavy atom. The lowest BCUT2D eigenvalue weighted by atomic mass is 9.55. The van der Waals surface area contributed by atoms with E-state index in [4.69, 9.17) is 10.2 Å². The fourth-order valence-corrected chi connectivity index (χ4v) is 7.34. The van der Waals surface area contributed by atoms with Crippen LogP contribution in [0.2, 0.25) is 0 Å². The Balaban J connectivity index is 1.24. The lowest BCUT2D eigenvalue weighted by Crippen LogP contribution is -2.42. The highest BCUT2D eigenvalue weighted by atomic mass is 16.3.